The quantitative estimate of drug-likeness (QED) is 0.399. The van der Waals surface area contributed by atoms with E-state index in [0.29, 0.717) is 22.2 Å². The molecule has 0 aliphatic rings. The molecule has 3 aromatic rings. The number of nitrogens with two attached hydrogens (primary N) is 1. The van der Waals surface area contributed by atoms with E-state index in [9.17, 15) is 4.79 Å². The molecule has 0 saturated carbocycles. The molecule has 3 rings (SSSR count). The van der Waals surface area contributed by atoms with Gasteiger partial charge in [0.05, 0.1) is 5.75 Å². The van der Waals surface area contributed by atoms with Gasteiger partial charge in [-0.15, -0.1) is 10.2 Å². The Morgan fingerprint density at radius 2 is 1.96 bits per heavy atom. The first-order chi connectivity index (χ1) is 11.5. The van der Waals surface area contributed by atoms with Crippen LogP contribution in [0.2, 0.25) is 0 Å². The lowest BCUT2D eigenvalue weighted by molar-refractivity contribution is 0.102. The van der Waals surface area contributed by atoms with Crippen LogP contribution in [0.25, 0.3) is 11.4 Å². The molecule has 0 radical (unpaired) electrons. The molecule has 2 aromatic carbocycles. The van der Waals surface area contributed by atoms with Crippen molar-refractivity contribution in [2.75, 3.05) is 11.5 Å². The molecule has 0 spiro atoms. The highest BCUT2D eigenvalue weighted by Crippen LogP contribution is 2.24. The molecular formula is C17H15BrN4OS. The molecular weight excluding hydrogens is 388 g/mol. The van der Waals surface area contributed by atoms with Crippen molar-refractivity contribution >= 4 is 39.2 Å². The Hall–Kier alpha value is -2.12. The van der Waals surface area contributed by atoms with Crippen molar-refractivity contribution in [1.82, 2.24) is 14.8 Å². The molecule has 7 heteroatoms. The number of ketones is 1. The van der Waals surface area contributed by atoms with Crippen molar-refractivity contribution in [3.05, 3.63) is 58.6 Å². The van der Waals surface area contributed by atoms with Crippen LogP contribution in [0.15, 0.2) is 58.2 Å². The van der Waals surface area contributed by atoms with E-state index in [0.717, 1.165) is 15.9 Å². The van der Waals surface area contributed by atoms with Crippen LogP contribution >= 0.6 is 27.7 Å². The third-order valence-corrected chi connectivity index (χ3v) is 5.03. The molecule has 0 saturated heterocycles. The average Bonchev–Trinajstić information content (AvgIpc) is 2.94. The number of thioether (sulfide) groups is 1. The van der Waals surface area contributed by atoms with Crippen molar-refractivity contribution in [3.63, 3.8) is 0 Å². The van der Waals surface area contributed by atoms with Gasteiger partial charge in [-0.1, -0.05) is 52.0 Å². The molecule has 1 heterocycles. The smallest absolute Gasteiger partial charge is 0.191 e. The standard InChI is InChI=1S/C17H15BrN4OS/c1-22-16(12-3-2-4-14(19)9-12)20-21-17(22)24-10-15(23)11-5-7-13(18)8-6-11/h2-9H,10,19H2,1H3. The minimum absolute atomic E-state index is 0.0565. The highest BCUT2D eigenvalue weighted by molar-refractivity contribution is 9.10. The second-order valence-electron chi connectivity index (χ2n) is 5.21. The number of hydrogen-bond donors (Lipinski definition) is 1. The third-order valence-electron chi connectivity index (χ3n) is 3.48. The largest absolute Gasteiger partial charge is 0.399 e. The zero-order chi connectivity index (χ0) is 17.1. The van der Waals surface area contributed by atoms with Gasteiger partial charge in [-0.2, -0.15) is 0 Å². The molecule has 0 aliphatic carbocycles. The summed E-state index contributed by atoms with van der Waals surface area (Å²) in [5.74, 6) is 1.09. The number of nitrogen functional groups attached to an aromatic ring is 1. The first-order valence-electron chi connectivity index (χ1n) is 7.21. The first kappa shape index (κ1) is 16.7. The van der Waals surface area contributed by atoms with Gasteiger partial charge >= 0.3 is 0 Å². The van der Waals surface area contributed by atoms with E-state index in [2.05, 4.69) is 26.1 Å². The average molecular weight is 403 g/mol. The fraction of sp³-hybridized carbons (Fsp3) is 0.118. The van der Waals surface area contributed by atoms with Gasteiger partial charge in [-0.25, -0.2) is 0 Å². The van der Waals surface area contributed by atoms with E-state index >= 15 is 0 Å². The predicted molar refractivity (Wildman–Crippen MR) is 100 cm³/mol. The van der Waals surface area contributed by atoms with Crippen LogP contribution in [0, 0.1) is 0 Å². The van der Waals surface area contributed by atoms with E-state index in [1.807, 2.05) is 60.1 Å². The minimum Gasteiger partial charge on any atom is -0.399 e. The zero-order valence-corrected chi connectivity index (χ0v) is 15.3. The van der Waals surface area contributed by atoms with Gasteiger partial charge in [0.2, 0.25) is 0 Å². The van der Waals surface area contributed by atoms with Crippen molar-refractivity contribution in [2.45, 2.75) is 5.16 Å². The summed E-state index contributed by atoms with van der Waals surface area (Å²) in [5.41, 5.74) is 8.07. The summed E-state index contributed by atoms with van der Waals surface area (Å²) in [7, 11) is 1.88. The Morgan fingerprint density at radius 3 is 2.67 bits per heavy atom. The molecule has 0 fully saturated rings. The summed E-state index contributed by atoms with van der Waals surface area (Å²) >= 11 is 4.73. The number of Topliss-reactive ketones (excluding diaryl/α,β-unsaturated/α-hetero) is 1. The van der Waals surface area contributed by atoms with Gasteiger partial charge < -0.3 is 10.3 Å². The Morgan fingerprint density at radius 1 is 1.21 bits per heavy atom. The molecule has 0 aliphatic heterocycles. The molecule has 122 valence electrons. The van der Waals surface area contributed by atoms with Crippen LogP contribution in [0.3, 0.4) is 0 Å². The third kappa shape index (κ3) is 3.68. The number of hydrogen-bond acceptors (Lipinski definition) is 5. The molecule has 5 nitrogen and oxygen atoms in total. The van der Waals surface area contributed by atoms with Gasteiger partial charge in [0.1, 0.15) is 0 Å². The maximum Gasteiger partial charge on any atom is 0.191 e. The summed E-state index contributed by atoms with van der Waals surface area (Å²) < 4.78 is 2.82. The number of nitrogens with zero attached hydrogens (tertiary/aromatic N) is 3. The van der Waals surface area contributed by atoms with Gasteiger partial charge in [0.25, 0.3) is 0 Å². The van der Waals surface area contributed by atoms with Gasteiger partial charge in [-0.05, 0) is 24.3 Å². The normalized spacial score (nSPS) is 10.8. The Bertz CT molecular complexity index is 877. The number of halogens is 1. The lowest BCUT2D eigenvalue weighted by atomic mass is 10.2. The highest BCUT2D eigenvalue weighted by atomic mass is 79.9. The number of aromatic nitrogens is 3. The minimum atomic E-state index is 0.0565. The summed E-state index contributed by atoms with van der Waals surface area (Å²) in [4.78, 5) is 12.3. The molecule has 0 unspecified atom stereocenters. The SMILES string of the molecule is Cn1c(SCC(=O)c2ccc(Br)cc2)nnc1-c1cccc(N)c1. The van der Waals surface area contributed by atoms with Crippen LogP contribution in [0.4, 0.5) is 5.69 Å². The van der Waals surface area contributed by atoms with Crippen LogP contribution in [0.1, 0.15) is 10.4 Å². The van der Waals surface area contributed by atoms with E-state index < -0.39 is 0 Å². The fourth-order valence-electron chi connectivity index (χ4n) is 2.22. The maximum atomic E-state index is 12.3. The molecule has 0 atom stereocenters. The van der Waals surface area contributed by atoms with E-state index in [1.165, 1.54) is 11.8 Å². The van der Waals surface area contributed by atoms with Crippen molar-refractivity contribution < 1.29 is 4.79 Å². The number of carbonyl (C=O) groups excluding carboxylic acids is 1. The van der Waals surface area contributed by atoms with E-state index in [1.54, 1.807) is 0 Å². The van der Waals surface area contributed by atoms with Gasteiger partial charge in [0, 0.05) is 28.3 Å². The monoisotopic (exact) mass is 402 g/mol. The molecule has 24 heavy (non-hydrogen) atoms. The van der Waals surface area contributed by atoms with E-state index in [-0.39, 0.29) is 5.78 Å². The van der Waals surface area contributed by atoms with Crippen molar-refractivity contribution in [3.8, 4) is 11.4 Å². The highest BCUT2D eigenvalue weighted by Gasteiger charge is 2.14. The summed E-state index contributed by atoms with van der Waals surface area (Å²) in [6, 6.07) is 14.8. The van der Waals surface area contributed by atoms with Crippen LogP contribution in [0.5, 0.6) is 0 Å². The number of carbonyl (C=O) groups is 1. The summed E-state index contributed by atoms with van der Waals surface area (Å²) in [6.07, 6.45) is 0. The Labute approximate surface area is 152 Å². The van der Waals surface area contributed by atoms with Gasteiger partial charge in [0.15, 0.2) is 16.8 Å². The van der Waals surface area contributed by atoms with Crippen molar-refractivity contribution in [1.29, 1.82) is 0 Å². The Kier molecular flexibility index (Phi) is 5.01. The first-order valence-corrected chi connectivity index (χ1v) is 8.99. The number of anilines is 1. The molecule has 0 amide bonds. The lowest BCUT2D eigenvalue weighted by Gasteiger charge is -2.04. The van der Waals surface area contributed by atoms with Crippen LogP contribution in [-0.4, -0.2) is 26.3 Å². The lowest BCUT2D eigenvalue weighted by Crippen LogP contribution is -2.03. The summed E-state index contributed by atoms with van der Waals surface area (Å²) in [6.45, 7) is 0. The van der Waals surface area contributed by atoms with Gasteiger partial charge in [-0.3, -0.25) is 4.79 Å². The second kappa shape index (κ2) is 7.19. The number of rotatable bonds is 5. The van der Waals surface area contributed by atoms with E-state index in [4.69, 9.17) is 5.73 Å². The molecule has 0 bridgehead atoms. The maximum absolute atomic E-state index is 12.3. The second-order valence-corrected chi connectivity index (χ2v) is 7.07. The summed E-state index contributed by atoms with van der Waals surface area (Å²) in [5, 5.41) is 9.08. The fourth-order valence-corrected chi connectivity index (χ4v) is 3.29. The molecule has 2 N–H and O–H groups in total. The zero-order valence-electron chi connectivity index (χ0n) is 12.9. The molecule has 1 aromatic heterocycles. The van der Waals surface area contributed by atoms with Crippen LogP contribution < -0.4 is 5.73 Å². The predicted octanol–water partition coefficient (Wildman–Crippen LogP) is 3.80. The topological polar surface area (TPSA) is 73.8 Å². The van der Waals surface area contributed by atoms with Crippen molar-refractivity contribution in [2.24, 2.45) is 7.05 Å². The Balaban J connectivity index is 1.72. The number of benzene rings is 2. The van der Waals surface area contributed by atoms with Crippen LogP contribution in [-0.2, 0) is 7.05 Å².